The molecule has 6 nitrogen and oxygen atoms in total. The molecule has 1 heterocycles. The van der Waals surface area contributed by atoms with Crippen LogP contribution in [0.25, 0.3) is 11.4 Å². The maximum atomic E-state index is 14.0. The van der Waals surface area contributed by atoms with E-state index in [1.165, 1.54) is 10.9 Å². The van der Waals surface area contributed by atoms with Crippen LogP contribution < -0.4 is 5.32 Å². The van der Waals surface area contributed by atoms with Crippen LogP contribution in [0.2, 0.25) is 10.0 Å². The average Bonchev–Trinajstić information content (AvgIpc) is 3.31. The van der Waals surface area contributed by atoms with Gasteiger partial charge in [-0.15, -0.1) is 10.2 Å². The molecule has 1 aromatic heterocycles. The SMILES string of the molecule is Cn1nnc(-c2ccc(C(C(=O)Nc3ccc(Cl)c(Cl)c3)C3CCC(F)(F)C3)cc2)n1. The van der Waals surface area contributed by atoms with Crippen molar-refractivity contribution >= 4 is 34.8 Å². The van der Waals surface area contributed by atoms with Crippen molar-refractivity contribution in [1.29, 1.82) is 0 Å². The Balaban J connectivity index is 1.62. The molecule has 4 rings (SSSR count). The standard InChI is InChI=1S/C21H19Cl2F2N5O/c1-30-28-19(27-29-30)13-4-2-12(3-5-13)18(14-8-9-21(24,25)11-14)20(31)26-15-6-7-16(22)17(23)10-15/h2-7,10,14,18H,8-9,11H2,1H3,(H,26,31). The number of aromatic nitrogens is 4. The van der Waals surface area contributed by atoms with Gasteiger partial charge in [0.15, 0.2) is 0 Å². The summed E-state index contributed by atoms with van der Waals surface area (Å²) in [5.41, 5.74) is 1.82. The van der Waals surface area contributed by atoms with Crippen molar-refractivity contribution in [2.75, 3.05) is 5.32 Å². The minimum atomic E-state index is -2.77. The zero-order valence-corrected chi connectivity index (χ0v) is 18.0. The van der Waals surface area contributed by atoms with E-state index in [2.05, 4.69) is 20.7 Å². The Labute approximate surface area is 187 Å². The van der Waals surface area contributed by atoms with Crippen molar-refractivity contribution < 1.29 is 13.6 Å². The maximum absolute atomic E-state index is 14.0. The molecule has 2 atom stereocenters. The Morgan fingerprint density at radius 2 is 1.94 bits per heavy atom. The highest BCUT2D eigenvalue weighted by molar-refractivity contribution is 6.42. The van der Waals surface area contributed by atoms with Crippen LogP contribution in [0, 0.1) is 5.92 Å². The molecule has 0 saturated heterocycles. The molecule has 0 aliphatic heterocycles. The van der Waals surface area contributed by atoms with Crippen LogP contribution in [0.15, 0.2) is 42.5 Å². The summed E-state index contributed by atoms with van der Waals surface area (Å²) in [5, 5.41) is 15.4. The zero-order chi connectivity index (χ0) is 22.2. The fraction of sp³-hybridized carbons (Fsp3) is 0.333. The average molecular weight is 466 g/mol. The molecular weight excluding hydrogens is 447 g/mol. The van der Waals surface area contributed by atoms with E-state index in [9.17, 15) is 13.6 Å². The van der Waals surface area contributed by atoms with E-state index in [0.29, 0.717) is 27.1 Å². The lowest BCUT2D eigenvalue weighted by Gasteiger charge is -2.24. The maximum Gasteiger partial charge on any atom is 0.248 e. The second-order valence-corrected chi connectivity index (χ2v) is 8.49. The zero-order valence-electron chi connectivity index (χ0n) is 16.5. The minimum absolute atomic E-state index is 0.226. The molecule has 0 spiro atoms. The first-order chi connectivity index (χ1) is 14.7. The number of alkyl halides is 2. The summed E-state index contributed by atoms with van der Waals surface area (Å²) in [4.78, 5) is 14.5. The number of tetrazole rings is 1. The number of rotatable bonds is 5. The van der Waals surface area contributed by atoms with Crippen LogP contribution in [-0.2, 0) is 11.8 Å². The number of halogens is 4. The van der Waals surface area contributed by atoms with Crippen LogP contribution in [-0.4, -0.2) is 32.0 Å². The predicted molar refractivity (Wildman–Crippen MR) is 114 cm³/mol. The first kappa shape index (κ1) is 21.6. The van der Waals surface area contributed by atoms with Crippen LogP contribution in [0.1, 0.15) is 30.7 Å². The highest BCUT2D eigenvalue weighted by atomic mass is 35.5. The second-order valence-electron chi connectivity index (χ2n) is 7.68. The predicted octanol–water partition coefficient (Wildman–Crippen LogP) is 5.34. The molecule has 31 heavy (non-hydrogen) atoms. The van der Waals surface area contributed by atoms with Gasteiger partial charge >= 0.3 is 0 Å². The Bertz CT molecular complexity index is 1100. The van der Waals surface area contributed by atoms with E-state index in [-0.39, 0.29) is 25.2 Å². The number of aryl methyl sites for hydroxylation is 1. The largest absolute Gasteiger partial charge is 0.326 e. The number of amides is 1. The monoisotopic (exact) mass is 465 g/mol. The normalized spacial score (nSPS) is 18.7. The summed E-state index contributed by atoms with van der Waals surface area (Å²) in [6, 6.07) is 11.8. The Kier molecular flexibility index (Phi) is 5.94. The molecule has 3 aromatic rings. The third-order valence-corrected chi connectivity index (χ3v) is 6.16. The molecule has 1 fully saturated rings. The molecule has 162 valence electrons. The van der Waals surface area contributed by atoms with Crippen LogP contribution >= 0.6 is 23.2 Å². The van der Waals surface area contributed by atoms with Gasteiger partial charge in [0, 0.05) is 24.1 Å². The van der Waals surface area contributed by atoms with Gasteiger partial charge in [0.25, 0.3) is 0 Å². The summed E-state index contributed by atoms with van der Waals surface area (Å²) in [6.45, 7) is 0. The molecule has 0 radical (unpaired) electrons. The summed E-state index contributed by atoms with van der Waals surface area (Å²) in [7, 11) is 1.66. The third-order valence-electron chi connectivity index (χ3n) is 5.42. The molecule has 1 amide bonds. The van der Waals surface area contributed by atoms with E-state index in [4.69, 9.17) is 23.2 Å². The number of nitrogens with zero attached hydrogens (tertiary/aromatic N) is 4. The Morgan fingerprint density at radius 3 is 2.52 bits per heavy atom. The topological polar surface area (TPSA) is 72.7 Å². The summed E-state index contributed by atoms with van der Waals surface area (Å²) < 4.78 is 27.9. The smallest absolute Gasteiger partial charge is 0.248 e. The van der Waals surface area contributed by atoms with E-state index in [1.54, 1.807) is 43.4 Å². The molecule has 1 aliphatic rings. The second kappa shape index (κ2) is 8.51. The lowest BCUT2D eigenvalue weighted by Crippen LogP contribution is -2.27. The van der Waals surface area contributed by atoms with E-state index in [1.807, 2.05) is 0 Å². The number of hydrogen-bond acceptors (Lipinski definition) is 4. The van der Waals surface area contributed by atoms with Gasteiger partial charge < -0.3 is 5.32 Å². The number of nitrogens with one attached hydrogen (secondary N) is 1. The van der Waals surface area contributed by atoms with Gasteiger partial charge in [-0.3, -0.25) is 4.79 Å². The first-order valence-electron chi connectivity index (χ1n) is 9.70. The lowest BCUT2D eigenvalue weighted by molar-refractivity contribution is -0.118. The van der Waals surface area contributed by atoms with Crippen molar-refractivity contribution in [1.82, 2.24) is 20.2 Å². The van der Waals surface area contributed by atoms with Gasteiger partial charge in [-0.25, -0.2) is 8.78 Å². The molecular formula is C21H19Cl2F2N5O. The van der Waals surface area contributed by atoms with Crippen LogP contribution in [0.3, 0.4) is 0 Å². The number of carbonyl (C=O) groups excluding carboxylic acids is 1. The van der Waals surface area contributed by atoms with E-state index < -0.39 is 17.8 Å². The highest BCUT2D eigenvalue weighted by Gasteiger charge is 2.45. The van der Waals surface area contributed by atoms with Gasteiger partial charge in [0.2, 0.25) is 17.7 Å². The summed E-state index contributed by atoms with van der Waals surface area (Å²) in [5.74, 6) is -3.93. The number of benzene rings is 2. The molecule has 1 aliphatic carbocycles. The van der Waals surface area contributed by atoms with Crippen LogP contribution in [0.4, 0.5) is 14.5 Å². The molecule has 1 N–H and O–H groups in total. The van der Waals surface area contributed by atoms with Crippen molar-refractivity contribution in [3.8, 4) is 11.4 Å². The van der Waals surface area contributed by atoms with Gasteiger partial charge in [0.1, 0.15) is 0 Å². The fourth-order valence-electron chi connectivity index (χ4n) is 3.94. The summed E-state index contributed by atoms with van der Waals surface area (Å²) >= 11 is 12.0. The Hall–Kier alpha value is -2.58. The molecule has 10 heteroatoms. The number of anilines is 1. The quantitative estimate of drug-likeness (QED) is 0.551. The van der Waals surface area contributed by atoms with E-state index in [0.717, 1.165) is 5.56 Å². The Morgan fingerprint density at radius 1 is 1.19 bits per heavy atom. The van der Waals surface area contributed by atoms with Crippen LogP contribution in [0.5, 0.6) is 0 Å². The highest BCUT2D eigenvalue weighted by Crippen LogP contribution is 2.46. The molecule has 2 aromatic carbocycles. The number of carbonyl (C=O) groups is 1. The third kappa shape index (κ3) is 4.85. The molecule has 2 unspecified atom stereocenters. The van der Waals surface area contributed by atoms with Gasteiger partial charge in [-0.2, -0.15) is 4.80 Å². The first-order valence-corrected chi connectivity index (χ1v) is 10.5. The molecule has 0 bridgehead atoms. The van der Waals surface area contributed by atoms with Gasteiger partial charge in [-0.05, 0) is 41.3 Å². The van der Waals surface area contributed by atoms with Gasteiger partial charge in [-0.1, -0.05) is 47.5 Å². The lowest BCUT2D eigenvalue weighted by atomic mass is 9.83. The van der Waals surface area contributed by atoms with Crippen molar-refractivity contribution in [3.63, 3.8) is 0 Å². The summed E-state index contributed by atoms with van der Waals surface area (Å²) in [6.07, 6.45) is -0.296. The fourth-order valence-corrected chi connectivity index (χ4v) is 4.24. The van der Waals surface area contributed by atoms with Gasteiger partial charge in [0.05, 0.1) is 23.0 Å². The van der Waals surface area contributed by atoms with Crippen molar-refractivity contribution in [2.45, 2.75) is 31.1 Å². The van der Waals surface area contributed by atoms with Crippen molar-refractivity contribution in [3.05, 3.63) is 58.1 Å². The number of hydrogen-bond donors (Lipinski definition) is 1. The minimum Gasteiger partial charge on any atom is -0.326 e. The molecule has 1 saturated carbocycles. The van der Waals surface area contributed by atoms with E-state index >= 15 is 0 Å². The van der Waals surface area contributed by atoms with Crippen molar-refractivity contribution in [2.24, 2.45) is 13.0 Å².